The molecule has 0 fully saturated rings. The maximum atomic E-state index is 6.22. The number of hydrazine groups is 1. The molecule has 0 amide bonds. The second-order valence-electron chi connectivity index (χ2n) is 6.06. The first-order chi connectivity index (χ1) is 10.9. The molecule has 0 aliphatic heterocycles. The largest absolute Gasteiger partial charge is 0.381 e. The molecule has 0 radical (unpaired) electrons. The van der Waals surface area contributed by atoms with Crippen LogP contribution in [0.25, 0.3) is 11.3 Å². The lowest BCUT2D eigenvalue weighted by Crippen LogP contribution is -2.42. The molecular weight excluding hydrogens is 286 g/mol. The van der Waals surface area contributed by atoms with Gasteiger partial charge in [0.05, 0.1) is 11.4 Å². The van der Waals surface area contributed by atoms with Gasteiger partial charge < -0.3 is 5.73 Å². The highest BCUT2D eigenvalue weighted by molar-refractivity contribution is 5.71. The number of nitrogen functional groups attached to an aromatic ring is 1. The molecule has 0 aliphatic carbocycles. The Hall–Kier alpha value is -2.14. The number of aryl methyl sites for hydroxylation is 3. The standard InChI is InChI=1S/C18H27N5/c1-6-14(7-2)23(20)18-17(19)22-16(13(5)21-18)15-9-8-11(3)10-12(15)4/h8-10,14H,6-7,20H2,1-5H3,(H2,19,22). The molecule has 2 rings (SSSR count). The molecule has 124 valence electrons. The molecule has 0 aliphatic rings. The summed E-state index contributed by atoms with van der Waals surface area (Å²) < 4.78 is 0. The van der Waals surface area contributed by atoms with Crippen LogP contribution in [0.15, 0.2) is 18.2 Å². The van der Waals surface area contributed by atoms with E-state index in [0.29, 0.717) is 11.6 Å². The van der Waals surface area contributed by atoms with E-state index in [4.69, 9.17) is 11.6 Å². The van der Waals surface area contributed by atoms with Gasteiger partial charge in [-0.25, -0.2) is 15.8 Å². The summed E-state index contributed by atoms with van der Waals surface area (Å²) in [6, 6.07) is 6.49. The number of nitrogens with two attached hydrogens (primary N) is 2. The smallest absolute Gasteiger partial charge is 0.186 e. The highest BCUT2D eigenvalue weighted by Crippen LogP contribution is 2.29. The number of anilines is 2. The minimum atomic E-state index is 0.206. The van der Waals surface area contributed by atoms with Crippen molar-refractivity contribution in [3.05, 3.63) is 35.0 Å². The van der Waals surface area contributed by atoms with Crippen LogP contribution in [0.4, 0.5) is 11.6 Å². The summed E-state index contributed by atoms with van der Waals surface area (Å²) >= 11 is 0. The van der Waals surface area contributed by atoms with E-state index in [0.717, 1.165) is 29.8 Å². The highest BCUT2D eigenvalue weighted by atomic mass is 15.5. The summed E-state index contributed by atoms with van der Waals surface area (Å²) in [4.78, 5) is 9.24. The van der Waals surface area contributed by atoms with E-state index in [2.05, 4.69) is 55.9 Å². The summed E-state index contributed by atoms with van der Waals surface area (Å²) in [7, 11) is 0. The fraction of sp³-hybridized carbons (Fsp3) is 0.444. The van der Waals surface area contributed by atoms with Gasteiger partial charge >= 0.3 is 0 Å². The Morgan fingerprint density at radius 2 is 1.74 bits per heavy atom. The molecule has 0 atom stereocenters. The summed E-state index contributed by atoms with van der Waals surface area (Å²) in [6.45, 7) is 10.3. The van der Waals surface area contributed by atoms with Crippen LogP contribution in [0.5, 0.6) is 0 Å². The average Bonchev–Trinajstić information content (AvgIpc) is 2.50. The zero-order chi connectivity index (χ0) is 17.1. The van der Waals surface area contributed by atoms with Gasteiger partial charge in [-0.1, -0.05) is 37.6 Å². The number of hydrogen-bond donors (Lipinski definition) is 2. The van der Waals surface area contributed by atoms with E-state index in [9.17, 15) is 0 Å². The number of benzene rings is 1. The van der Waals surface area contributed by atoms with Crippen LogP contribution in [0.2, 0.25) is 0 Å². The number of aromatic nitrogens is 2. The van der Waals surface area contributed by atoms with E-state index in [1.807, 2.05) is 6.92 Å². The van der Waals surface area contributed by atoms with Gasteiger partial charge in [0, 0.05) is 11.6 Å². The second kappa shape index (κ2) is 6.96. The molecule has 4 N–H and O–H groups in total. The quantitative estimate of drug-likeness (QED) is 0.652. The van der Waals surface area contributed by atoms with Crippen molar-refractivity contribution in [2.45, 2.75) is 53.5 Å². The van der Waals surface area contributed by atoms with Crippen LogP contribution in [-0.2, 0) is 0 Å². The molecule has 0 unspecified atom stereocenters. The monoisotopic (exact) mass is 313 g/mol. The maximum absolute atomic E-state index is 6.22. The Morgan fingerprint density at radius 3 is 2.30 bits per heavy atom. The van der Waals surface area contributed by atoms with Crippen LogP contribution in [0.1, 0.15) is 43.5 Å². The van der Waals surface area contributed by atoms with Gasteiger partial charge in [0.25, 0.3) is 0 Å². The van der Waals surface area contributed by atoms with E-state index < -0.39 is 0 Å². The number of rotatable bonds is 5. The third-order valence-electron chi connectivity index (χ3n) is 4.30. The van der Waals surface area contributed by atoms with Gasteiger partial charge in [-0.2, -0.15) is 0 Å². The lowest BCUT2D eigenvalue weighted by molar-refractivity contribution is 0.563. The molecule has 2 aromatic rings. The first-order valence-electron chi connectivity index (χ1n) is 8.14. The maximum Gasteiger partial charge on any atom is 0.186 e. The third kappa shape index (κ3) is 3.45. The summed E-state index contributed by atoms with van der Waals surface area (Å²) in [5.74, 6) is 7.15. The lowest BCUT2D eigenvalue weighted by Gasteiger charge is -2.27. The highest BCUT2D eigenvalue weighted by Gasteiger charge is 2.19. The number of hydrogen-bond acceptors (Lipinski definition) is 5. The van der Waals surface area contributed by atoms with Gasteiger partial charge in [-0.05, 0) is 39.2 Å². The molecule has 0 spiro atoms. The van der Waals surface area contributed by atoms with Crippen molar-refractivity contribution in [2.24, 2.45) is 5.84 Å². The fourth-order valence-corrected chi connectivity index (χ4v) is 2.90. The first-order valence-corrected chi connectivity index (χ1v) is 8.14. The summed E-state index contributed by atoms with van der Waals surface area (Å²) in [5, 5.41) is 1.65. The third-order valence-corrected chi connectivity index (χ3v) is 4.30. The molecular formula is C18H27N5. The minimum Gasteiger partial charge on any atom is -0.381 e. The number of nitrogens with zero attached hydrogens (tertiary/aromatic N) is 3. The molecule has 5 nitrogen and oxygen atoms in total. The van der Waals surface area contributed by atoms with Crippen LogP contribution in [-0.4, -0.2) is 16.0 Å². The van der Waals surface area contributed by atoms with Crippen LogP contribution >= 0.6 is 0 Å². The Labute approximate surface area is 138 Å². The minimum absolute atomic E-state index is 0.206. The van der Waals surface area contributed by atoms with Crippen molar-refractivity contribution in [1.29, 1.82) is 0 Å². The van der Waals surface area contributed by atoms with E-state index in [1.54, 1.807) is 5.01 Å². The van der Waals surface area contributed by atoms with E-state index >= 15 is 0 Å². The van der Waals surface area contributed by atoms with Crippen molar-refractivity contribution in [1.82, 2.24) is 9.97 Å². The van der Waals surface area contributed by atoms with Gasteiger partial charge in [0.15, 0.2) is 11.6 Å². The van der Waals surface area contributed by atoms with Crippen molar-refractivity contribution >= 4 is 11.6 Å². The molecule has 0 bridgehead atoms. The lowest BCUT2D eigenvalue weighted by atomic mass is 10.0. The zero-order valence-electron chi connectivity index (χ0n) is 14.7. The summed E-state index contributed by atoms with van der Waals surface area (Å²) in [5.41, 5.74) is 11.3. The van der Waals surface area contributed by atoms with Crippen molar-refractivity contribution in [3.63, 3.8) is 0 Å². The van der Waals surface area contributed by atoms with Crippen molar-refractivity contribution in [2.75, 3.05) is 10.7 Å². The normalized spacial score (nSPS) is 11.1. The van der Waals surface area contributed by atoms with Crippen molar-refractivity contribution < 1.29 is 0 Å². The van der Waals surface area contributed by atoms with Gasteiger partial charge in [-0.3, -0.25) is 5.01 Å². The van der Waals surface area contributed by atoms with E-state index in [-0.39, 0.29) is 6.04 Å². The van der Waals surface area contributed by atoms with Crippen molar-refractivity contribution in [3.8, 4) is 11.3 Å². The summed E-state index contributed by atoms with van der Waals surface area (Å²) in [6.07, 6.45) is 1.87. The van der Waals surface area contributed by atoms with Gasteiger partial charge in [-0.15, -0.1) is 0 Å². The van der Waals surface area contributed by atoms with Gasteiger partial charge in [0.2, 0.25) is 0 Å². The molecule has 5 heteroatoms. The molecule has 23 heavy (non-hydrogen) atoms. The van der Waals surface area contributed by atoms with Gasteiger partial charge in [0.1, 0.15) is 0 Å². The fourth-order valence-electron chi connectivity index (χ4n) is 2.90. The Balaban J connectivity index is 2.49. The Bertz CT molecular complexity index is 692. The van der Waals surface area contributed by atoms with Crippen LogP contribution < -0.4 is 16.6 Å². The Kier molecular flexibility index (Phi) is 5.21. The predicted octanol–water partition coefficient (Wildman–Crippen LogP) is 3.52. The van der Waals surface area contributed by atoms with E-state index in [1.165, 1.54) is 11.1 Å². The average molecular weight is 313 g/mol. The SMILES string of the molecule is CCC(CC)N(N)c1nc(C)c(-c2ccc(C)cc2C)nc1N. The predicted molar refractivity (Wildman–Crippen MR) is 97.1 cm³/mol. The molecule has 0 saturated carbocycles. The molecule has 1 heterocycles. The van der Waals surface area contributed by atoms with Crippen LogP contribution in [0, 0.1) is 20.8 Å². The zero-order valence-corrected chi connectivity index (χ0v) is 14.7. The molecule has 1 aromatic carbocycles. The molecule has 0 saturated heterocycles. The van der Waals surface area contributed by atoms with Crippen LogP contribution in [0.3, 0.4) is 0 Å². The Morgan fingerprint density at radius 1 is 1.09 bits per heavy atom. The first kappa shape index (κ1) is 17.2. The second-order valence-corrected chi connectivity index (χ2v) is 6.06. The topological polar surface area (TPSA) is 81.1 Å². The molecule has 1 aromatic heterocycles.